The minimum absolute atomic E-state index is 0.113. The van der Waals surface area contributed by atoms with Crippen molar-refractivity contribution in [2.45, 2.75) is 37.3 Å². The minimum atomic E-state index is -2.83. The summed E-state index contributed by atoms with van der Waals surface area (Å²) in [6.45, 7) is 0.346. The molecule has 0 spiro atoms. The molecule has 0 aliphatic carbocycles. The fraction of sp³-hybridized carbons (Fsp3) is 0.529. The predicted molar refractivity (Wildman–Crippen MR) is 89.5 cm³/mol. The number of anilines is 1. The van der Waals surface area contributed by atoms with Crippen LogP contribution >= 0.6 is 0 Å². The topological polar surface area (TPSA) is 73.5 Å². The van der Waals surface area contributed by atoms with E-state index in [0.29, 0.717) is 31.6 Å². The first-order chi connectivity index (χ1) is 12.3. The van der Waals surface area contributed by atoms with Gasteiger partial charge in [0.15, 0.2) is 0 Å². The molecule has 1 aromatic rings. The summed E-state index contributed by atoms with van der Waals surface area (Å²) in [6.07, 6.45) is 0.626. The number of nitrogens with one attached hydrogen (secondary N) is 3. The van der Waals surface area contributed by atoms with Gasteiger partial charge >= 0.3 is 6.03 Å². The van der Waals surface area contributed by atoms with Crippen LogP contribution in [0.25, 0.3) is 0 Å². The zero-order valence-corrected chi connectivity index (χ0v) is 14.1. The lowest BCUT2D eigenvalue weighted by atomic mass is 10.0. The fourth-order valence-electron chi connectivity index (χ4n) is 3.24. The van der Waals surface area contributed by atoms with Crippen LogP contribution in [0.1, 0.15) is 19.3 Å². The van der Waals surface area contributed by atoms with E-state index in [0.717, 1.165) is 0 Å². The van der Waals surface area contributed by atoms with Gasteiger partial charge in [0.05, 0.1) is 12.6 Å². The number of carbonyl (C=O) groups is 2. The zero-order valence-electron chi connectivity index (χ0n) is 14.1. The highest BCUT2D eigenvalue weighted by Gasteiger charge is 2.43. The molecule has 1 unspecified atom stereocenters. The Hall–Kier alpha value is -2.29. The molecule has 9 heteroatoms. The van der Waals surface area contributed by atoms with E-state index < -0.39 is 31.0 Å². The molecular weight excluding hydrogens is 349 g/mol. The SMILES string of the molecule is O=C(Nc1ccc(F)cc1)NC1CCN(C(=O)C2CC(F)(F)CN2)CC1. The number of alkyl halides is 2. The van der Waals surface area contributed by atoms with Crippen LogP contribution in [0.15, 0.2) is 24.3 Å². The Morgan fingerprint density at radius 2 is 1.81 bits per heavy atom. The first kappa shape index (κ1) is 18.5. The molecule has 0 saturated carbocycles. The molecule has 26 heavy (non-hydrogen) atoms. The Labute approximate surface area is 149 Å². The highest BCUT2D eigenvalue weighted by molar-refractivity contribution is 5.89. The molecule has 0 radical (unpaired) electrons. The third-order valence-corrected chi connectivity index (χ3v) is 4.65. The van der Waals surface area contributed by atoms with Crippen molar-refractivity contribution in [1.82, 2.24) is 15.5 Å². The molecule has 2 aliphatic rings. The number of nitrogens with zero attached hydrogens (tertiary/aromatic N) is 1. The van der Waals surface area contributed by atoms with E-state index in [1.165, 1.54) is 24.3 Å². The van der Waals surface area contributed by atoms with Crippen molar-refractivity contribution < 1.29 is 22.8 Å². The molecule has 3 amide bonds. The van der Waals surface area contributed by atoms with Crippen LogP contribution in [-0.4, -0.2) is 54.5 Å². The number of benzene rings is 1. The lowest BCUT2D eigenvalue weighted by molar-refractivity contribution is -0.134. The molecular formula is C17H21F3N4O2. The van der Waals surface area contributed by atoms with Gasteiger partial charge in [0.25, 0.3) is 5.92 Å². The van der Waals surface area contributed by atoms with Gasteiger partial charge in [-0.1, -0.05) is 0 Å². The van der Waals surface area contributed by atoms with Crippen molar-refractivity contribution in [2.24, 2.45) is 0 Å². The summed E-state index contributed by atoms with van der Waals surface area (Å²) >= 11 is 0. The van der Waals surface area contributed by atoms with E-state index in [2.05, 4.69) is 16.0 Å². The van der Waals surface area contributed by atoms with E-state index in [9.17, 15) is 22.8 Å². The second-order valence-electron chi connectivity index (χ2n) is 6.70. The second kappa shape index (κ2) is 7.53. The molecule has 6 nitrogen and oxygen atoms in total. The number of hydrogen-bond donors (Lipinski definition) is 3. The van der Waals surface area contributed by atoms with Gasteiger partial charge in [0, 0.05) is 31.2 Å². The fourth-order valence-corrected chi connectivity index (χ4v) is 3.24. The summed E-state index contributed by atoms with van der Waals surface area (Å²) < 4.78 is 39.3. The molecule has 0 aromatic heterocycles. The Kier molecular flexibility index (Phi) is 5.36. The number of piperidine rings is 1. The normalized spacial score (nSPS) is 22.9. The van der Waals surface area contributed by atoms with Crippen molar-refractivity contribution in [3.63, 3.8) is 0 Å². The monoisotopic (exact) mass is 370 g/mol. The molecule has 1 atom stereocenters. The largest absolute Gasteiger partial charge is 0.341 e. The van der Waals surface area contributed by atoms with Gasteiger partial charge < -0.3 is 15.5 Å². The van der Waals surface area contributed by atoms with E-state index >= 15 is 0 Å². The van der Waals surface area contributed by atoms with Crippen LogP contribution in [0, 0.1) is 5.82 Å². The van der Waals surface area contributed by atoms with Crippen molar-refractivity contribution >= 4 is 17.6 Å². The summed E-state index contributed by atoms with van der Waals surface area (Å²) in [4.78, 5) is 25.8. The summed E-state index contributed by atoms with van der Waals surface area (Å²) in [6, 6.07) is 4.06. The number of likely N-dealkylation sites (tertiary alicyclic amines) is 1. The standard InChI is InChI=1S/C17H21F3N4O2/c18-11-1-3-12(4-2-11)22-16(26)23-13-5-7-24(8-6-13)15(25)14-9-17(19,20)10-21-14/h1-4,13-14,21H,5-10H2,(H2,22,23,26). The van der Waals surface area contributed by atoms with E-state index in [1.54, 1.807) is 4.90 Å². The smallest absolute Gasteiger partial charge is 0.319 e. The number of amides is 3. The first-order valence-electron chi connectivity index (χ1n) is 8.55. The second-order valence-corrected chi connectivity index (χ2v) is 6.70. The highest BCUT2D eigenvalue weighted by atomic mass is 19.3. The molecule has 2 fully saturated rings. The number of hydrogen-bond acceptors (Lipinski definition) is 3. The molecule has 2 heterocycles. The Morgan fingerprint density at radius 3 is 2.38 bits per heavy atom. The molecule has 1 aromatic carbocycles. The van der Waals surface area contributed by atoms with Crippen LogP contribution in [0.3, 0.4) is 0 Å². The van der Waals surface area contributed by atoms with E-state index in [4.69, 9.17) is 0 Å². The maximum atomic E-state index is 13.2. The predicted octanol–water partition coefficient (Wildman–Crippen LogP) is 1.94. The Bertz CT molecular complexity index is 660. The molecule has 142 valence electrons. The van der Waals surface area contributed by atoms with Crippen molar-refractivity contribution in [3.8, 4) is 0 Å². The van der Waals surface area contributed by atoms with Crippen molar-refractivity contribution in [3.05, 3.63) is 30.1 Å². The highest BCUT2D eigenvalue weighted by Crippen LogP contribution is 2.26. The lowest BCUT2D eigenvalue weighted by Crippen LogP contribution is -2.51. The van der Waals surface area contributed by atoms with Gasteiger partial charge in [-0.2, -0.15) is 0 Å². The summed E-state index contributed by atoms with van der Waals surface area (Å²) in [5.74, 6) is -3.53. The number of urea groups is 1. The number of rotatable bonds is 3. The van der Waals surface area contributed by atoms with Crippen molar-refractivity contribution in [1.29, 1.82) is 0 Å². The molecule has 2 aliphatic heterocycles. The third-order valence-electron chi connectivity index (χ3n) is 4.65. The van der Waals surface area contributed by atoms with Gasteiger partial charge in [-0.15, -0.1) is 0 Å². The molecule has 3 N–H and O–H groups in total. The van der Waals surface area contributed by atoms with E-state index in [1.807, 2.05) is 0 Å². The lowest BCUT2D eigenvalue weighted by Gasteiger charge is -2.33. The summed E-state index contributed by atoms with van der Waals surface area (Å²) in [5, 5.41) is 7.99. The zero-order chi connectivity index (χ0) is 18.7. The van der Waals surface area contributed by atoms with Gasteiger partial charge in [-0.05, 0) is 37.1 Å². The van der Waals surface area contributed by atoms with Gasteiger partial charge in [-0.3, -0.25) is 10.1 Å². The maximum absolute atomic E-state index is 13.2. The van der Waals surface area contributed by atoms with Crippen molar-refractivity contribution in [2.75, 3.05) is 25.0 Å². The molecule has 3 rings (SSSR count). The average molecular weight is 370 g/mol. The van der Waals surface area contributed by atoms with Gasteiger partial charge in [-0.25, -0.2) is 18.0 Å². The maximum Gasteiger partial charge on any atom is 0.319 e. The minimum Gasteiger partial charge on any atom is -0.341 e. The molecule has 2 saturated heterocycles. The molecule has 0 bridgehead atoms. The Balaban J connectivity index is 1.43. The average Bonchev–Trinajstić information content (AvgIpc) is 2.97. The van der Waals surface area contributed by atoms with Crippen LogP contribution in [0.2, 0.25) is 0 Å². The summed E-state index contributed by atoms with van der Waals surface area (Å²) in [7, 11) is 0. The van der Waals surface area contributed by atoms with Crippen LogP contribution in [0.5, 0.6) is 0 Å². The third kappa shape index (κ3) is 4.66. The van der Waals surface area contributed by atoms with Crippen LogP contribution in [-0.2, 0) is 4.79 Å². The Morgan fingerprint density at radius 1 is 1.15 bits per heavy atom. The van der Waals surface area contributed by atoms with Crippen LogP contribution < -0.4 is 16.0 Å². The van der Waals surface area contributed by atoms with Gasteiger partial charge in [0.2, 0.25) is 5.91 Å². The number of carbonyl (C=O) groups excluding carboxylic acids is 2. The quantitative estimate of drug-likeness (QED) is 0.761. The first-order valence-corrected chi connectivity index (χ1v) is 8.55. The van der Waals surface area contributed by atoms with E-state index in [-0.39, 0.29) is 17.8 Å². The van der Waals surface area contributed by atoms with Gasteiger partial charge in [0.1, 0.15) is 5.82 Å². The van der Waals surface area contributed by atoms with Crippen LogP contribution in [0.4, 0.5) is 23.7 Å². The summed E-state index contributed by atoms with van der Waals surface area (Å²) in [5.41, 5.74) is 0.477. The number of halogens is 3.